The molecule has 2 heterocycles. The van der Waals surface area contributed by atoms with E-state index in [1.54, 1.807) is 30.9 Å². The van der Waals surface area contributed by atoms with Crippen molar-refractivity contribution in [2.45, 2.75) is 25.8 Å². The summed E-state index contributed by atoms with van der Waals surface area (Å²) in [6, 6.07) is 11.5. The van der Waals surface area contributed by atoms with Crippen molar-refractivity contribution in [3.8, 4) is 5.95 Å². The molecule has 0 unspecified atom stereocenters. The molecule has 128 valence electrons. The number of aromatic nitrogens is 4. The van der Waals surface area contributed by atoms with Crippen LogP contribution in [-0.2, 0) is 0 Å². The zero-order chi connectivity index (χ0) is 17.6. The van der Waals surface area contributed by atoms with E-state index in [4.69, 9.17) is 0 Å². The third-order valence-corrected chi connectivity index (χ3v) is 4.03. The van der Waals surface area contributed by atoms with Gasteiger partial charge in [-0.3, -0.25) is 0 Å². The zero-order valence-electron chi connectivity index (χ0n) is 14.1. The predicted molar refractivity (Wildman–Crippen MR) is 95.6 cm³/mol. The van der Waals surface area contributed by atoms with E-state index in [1.807, 2.05) is 25.1 Å². The number of urea groups is 1. The highest BCUT2D eigenvalue weighted by Crippen LogP contribution is 2.18. The molecule has 3 aromatic rings. The summed E-state index contributed by atoms with van der Waals surface area (Å²) >= 11 is 0. The van der Waals surface area contributed by atoms with Crippen LogP contribution in [0.1, 0.15) is 25.3 Å². The first-order chi connectivity index (χ1) is 12.1. The Kier molecular flexibility index (Phi) is 5.03. The van der Waals surface area contributed by atoms with Crippen LogP contribution in [0.5, 0.6) is 0 Å². The average Bonchev–Trinajstić information content (AvgIpc) is 3.10. The summed E-state index contributed by atoms with van der Waals surface area (Å²) in [7, 11) is 0. The number of nitrogens with one attached hydrogen (secondary N) is 2. The third-order valence-electron chi connectivity index (χ3n) is 4.03. The lowest BCUT2D eigenvalue weighted by molar-refractivity contribution is 0.248. The van der Waals surface area contributed by atoms with Gasteiger partial charge in [-0.25, -0.2) is 19.4 Å². The number of hydrogen-bond acceptors (Lipinski definition) is 4. The maximum absolute atomic E-state index is 12.2. The largest absolute Gasteiger partial charge is 0.335 e. The maximum Gasteiger partial charge on any atom is 0.319 e. The number of benzene rings is 1. The smallest absolute Gasteiger partial charge is 0.319 e. The second kappa shape index (κ2) is 7.57. The van der Waals surface area contributed by atoms with E-state index in [0.717, 1.165) is 0 Å². The summed E-state index contributed by atoms with van der Waals surface area (Å²) in [5.41, 5.74) is 1.76. The van der Waals surface area contributed by atoms with Gasteiger partial charge in [0.15, 0.2) is 0 Å². The average molecular weight is 336 g/mol. The molecule has 0 saturated carbocycles. The van der Waals surface area contributed by atoms with Gasteiger partial charge in [0, 0.05) is 24.4 Å². The second-order valence-electron chi connectivity index (χ2n) is 5.81. The van der Waals surface area contributed by atoms with Gasteiger partial charge in [0.2, 0.25) is 5.95 Å². The molecular weight excluding hydrogens is 316 g/mol. The number of carbonyl (C=O) groups excluding carboxylic acids is 1. The van der Waals surface area contributed by atoms with E-state index in [1.165, 1.54) is 10.2 Å². The van der Waals surface area contributed by atoms with Crippen molar-refractivity contribution in [3.05, 3.63) is 66.7 Å². The Morgan fingerprint density at radius 2 is 1.80 bits per heavy atom. The summed E-state index contributed by atoms with van der Waals surface area (Å²) in [5.74, 6) is 0.648. The standard InChI is InChI=1S/C18H20N6O/c1-13(15-7-4-3-5-8-15)14(2)22-18(25)23-16-11-21-24(12-16)17-19-9-6-10-20-17/h3-14H,1-2H3,(H2,22,23,25)/t13-,14+/m1/s1. The first-order valence-electron chi connectivity index (χ1n) is 8.08. The zero-order valence-corrected chi connectivity index (χ0v) is 14.1. The molecule has 0 aliphatic heterocycles. The highest BCUT2D eigenvalue weighted by molar-refractivity contribution is 5.89. The number of hydrogen-bond donors (Lipinski definition) is 2. The molecule has 0 saturated heterocycles. The molecule has 2 aromatic heterocycles. The lowest BCUT2D eigenvalue weighted by atomic mass is 9.95. The summed E-state index contributed by atoms with van der Waals surface area (Å²) in [5, 5.41) is 9.89. The molecule has 1 aromatic carbocycles. The number of nitrogens with zero attached hydrogens (tertiary/aromatic N) is 4. The third kappa shape index (κ3) is 4.20. The molecule has 2 N–H and O–H groups in total. The first-order valence-corrected chi connectivity index (χ1v) is 8.08. The second-order valence-corrected chi connectivity index (χ2v) is 5.81. The van der Waals surface area contributed by atoms with Crippen molar-refractivity contribution in [2.24, 2.45) is 0 Å². The van der Waals surface area contributed by atoms with Crippen LogP contribution in [-0.4, -0.2) is 31.8 Å². The Labute approximate surface area is 146 Å². The minimum Gasteiger partial charge on any atom is -0.335 e. The molecule has 7 heteroatoms. The van der Waals surface area contributed by atoms with Crippen molar-refractivity contribution in [1.29, 1.82) is 0 Å². The van der Waals surface area contributed by atoms with E-state index in [2.05, 4.69) is 44.8 Å². The summed E-state index contributed by atoms with van der Waals surface area (Å²) in [4.78, 5) is 20.4. The van der Waals surface area contributed by atoms with Crippen LogP contribution in [0.25, 0.3) is 5.95 Å². The van der Waals surface area contributed by atoms with Crippen molar-refractivity contribution in [3.63, 3.8) is 0 Å². The number of rotatable bonds is 5. The lowest BCUT2D eigenvalue weighted by Gasteiger charge is -2.21. The molecule has 25 heavy (non-hydrogen) atoms. The van der Waals surface area contributed by atoms with E-state index >= 15 is 0 Å². The molecule has 0 aliphatic carbocycles. The number of amides is 2. The van der Waals surface area contributed by atoms with Gasteiger partial charge in [0.05, 0.1) is 18.1 Å². The molecule has 0 spiro atoms. The molecule has 0 bridgehead atoms. The van der Waals surface area contributed by atoms with E-state index in [9.17, 15) is 4.79 Å². The van der Waals surface area contributed by atoms with Gasteiger partial charge >= 0.3 is 6.03 Å². The van der Waals surface area contributed by atoms with Gasteiger partial charge in [-0.2, -0.15) is 5.10 Å². The van der Waals surface area contributed by atoms with Gasteiger partial charge in [-0.05, 0) is 18.6 Å². The fourth-order valence-electron chi connectivity index (χ4n) is 2.45. The molecular formula is C18H20N6O. The number of anilines is 1. The molecule has 0 aliphatic rings. The van der Waals surface area contributed by atoms with Crippen LogP contribution < -0.4 is 10.6 Å². The van der Waals surface area contributed by atoms with Crippen molar-refractivity contribution < 1.29 is 4.79 Å². The SMILES string of the molecule is C[C@H](NC(=O)Nc1cnn(-c2ncccn2)c1)[C@@H](C)c1ccccc1. The summed E-state index contributed by atoms with van der Waals surface area (Å²) in [6.45, 7) is 4.07. The van der Waals surface area contributed by atoms with Crippen LogP contribution in [0.15, 0.2) is 61.2 Å². The minimum atomic E-state index is -0.274. The van der Waals surface area contributed by atoms with E-state index < -0.39 is 0 Å². The predicted octanol–water partition coefficient (Wildman–Crippen LogP) is 2.98. The quantitative estimate of drug-likeness (QED) is 0.750. The molecule has 3 rings (SSSR count). The Morgan fingerprint density at radius 1 is 1.08 bits per heavy atom. The van der Waals surface area contributed by atoms with Crippen LogP contribution in [0.2, 0.25) is 0 Å². The fourth-order valence-corrected chi connectivity index (χ4v) is 2.45. The fraction of sp³-hybridized carbons (Fsp3) is 0.222. The Hall–Kier alpha value is -3.22. The minimum absolute atomic E-state index is 0.0186. The van der Waals surface area contributed by atoms with Gasteiger partial charge < -0.3 is 10.6 Å². The van der Waals surface area contributed by atoms with Gasteiger partial charge in [0.25, 0.3) is 0 Å². The summed E-state index contributed by atoms with van der Waals surface area (Å²) < 4.78 is 1.51. The molecule has 2 amide bonds. The summed E-state index contributed by atoms with van der Waals surface area (Å²) in [6.07, 6.45) is 6.49. The van der Waals surface area contributed by atoms with Crippen molar-refractivity contribution in [1.82, 2.24) is 25.1 Å². The molecule has 0 radical (unpaired) electrons. The maximum atomic E-state index is 12.2. The van der Waals surface area contributed by atoms with Crippen LogP contribution >= 0.6 is 0 Å². The lowest BCUT2D eigenvalue weighted by Crippen LogP contribution is -2.38. The molecule has 2 atom stereocenters. The Balaban J connectivity index is 1.58. The number of carbonyl (C=O) groups is 1. The Morgan fingerprint density at radius 3 is 2.52 bits per heavy atom. The van der Waals surface area contributed by atoms with Crippen LogP contribution in [0.4, 0.5) is 10.5 Å². The van der Waals surface area contributed by atoms with Crippen molar-refractivity contribution >= 4 is 11.7 Å². The van der Waals surface area contributed by atoms with Crippen molar-refractivity contribution in [2.75, 3.05) is 5.32 Å². The Bertz CT molecular complexity index is 818. The normalized spacial score (nSPS) is 13.0. The molecule has 7 nitrogen and oxygen atoms in total. The highest BCUT2D eigenvalue weighted by Gasteiger charge is 2.16. The topological polar surface area (TPSA) is 84.7 Å². The van der Waals surface area contributed by atoms with Crippen LogP contribution in [0.3, 0.4) is 0 Å². The van der Waals surface area contributed by atoms with Gasteiger partial charge in [0.1, 0.15) is 0 Å². The monoisotopic (exact) mass is 336 g/mol. The first kappa shape index (κ1) is 16.6. The van der Waals surface area contributed by atoms with E-state index in [0.29, 0.717) is 11.6 Å². The van der Waals surface area contributed by atoms with Gasteiger partial charge in [-0.15, -0.1) is 0 Å². The van der Waals surface area contributed by atoms with Crippen LogP contribution in [0, 0.1) is 0 Å². The highest BCUT2D eigenvalue weighted by atomic mass is 16.2. The molecule has 0 fully saturated rings. The van der Waals surface area contributed by atoms with Gasteiger partial charge in [-0.1, -0.05) is 37.3 Å². The van der Waals surface area contributed by atoms with E-state index in [-0.39, 0.29) is 18.0 Å².